The highest BCUT2D eigenvalue weighted by molar-refractivity contribution is 5.74. The van der Waals surface area contributed by atoms with Crippen molar-refractivity contribution in [2.75, 3.05) is 6.54 Å². The van der Waals surface area contributed by atoms with E-state index in [4.69, 9.17) is 0 Å². The van der Waals surface area contributed by atoms with E-state index in [-0.39, 0.29) is 12.1 Å². The van der Waals surface area contributed by atoms with E-state index in [0.29, 0.717) is 6.54 Å². The lowest BCUT2D eigenvalue weighted by molar-refractivity contribution is 0.238. The Morgan fingerprint density at radius 3 is 2.77 bits per heavy atom. The quantitative estimate of drug-likeness (QED) is 0.806. The van der Waals surface area contributed by atoms with Crippen LogP contribution in [-0.2, 0) is 6.54 Å². The smallest absolute Gasteiger partial charge is 0.315 e. The van der Waals surface area contributed by atoms with Gasteiger partial charge in [0.1, 0.15) is 0 Å². The fourth-order valence-corrected chi connectivity index (χ4v) is 2.02. The number of aromatic nitrogens is 2. The third-order valence-electron chi connectivity index (χ3n) is 3.24. The summed E-state index contributed by atoms with van der Waals surface area (Å²) in [7, 11) is 0. The number of carbonyl (C=O) groups is 1. The van der Waals surface area contributed by atoms with Crippen LogP contribution >= 0.6 is 0 Å². The Kier molecular flexibility index (Phi) is 5.36. The number of carbonyl (C=O) groups excluding carboxylic acids is 1. The number of nitrogens with zero attached hydrogens (tertiary/aromatic N) is 2. The molecule has 2 rings (SSSR count). The number of amides is 2. The van der Waals surface area contributed by atoms with E-state index in [1.165, 1.54) is 5.56 Å². The van der Waals surface area contributed by atoms with Crippen molar-refractivity contribution in [2.45, 2.75) is 26.4 Å². The summed E-state index contributed by atoms with van der Waals surface area (Å²) in [5.41, 5.74) is 3.08. The first-order valence-corrected chi connectivity index (χ1v) is 7.29. The molecule has 0 aliphatic rings. The van der Waals surface area contributed by atoms with Gasteiger partial charge in [-0.2, -0.15) is 5.10 Å². The highest BCUT2D eigenvalue weighted by atomic mass is 16.2. The van der Waals surface area contributed by atoms with E-state index in [9.17, 15) is 4.79 Å². The minimum atomic E-state index is -0.202. The second kappa shape index (κ2) is 7.45. The lowest BCUT2D eigenvalue weighted by Gasteiger charge is -2.13. The fraction of sp³-hybridized carbons (Fsp3) is 0.294. The first-order chi connectivity index (χ1) is 10.5. The van der Waals surface area contributed by atoms with Crippen molar-refractivity contribution in [3.8, 4) is 0 Å². The van der Waals surface area contributed by atoms with Crippen molar-refractivity contribution in [3.05, 3.63) is 66.0 Å². The predicted molar refractivity (Wildman–Crippen MR) is 87.5 cm³/mol. The molecule has 0 fully saturated rings. The molecule has 1 aromatic heterocycles. The maximum absolute atomic E-state index is 11.7. The van der Waals surface area contributed by atoms with Gasteiger partial charge in [-0.3, -0.25) is 4.68 Å². The molecule has 22 heavy (non-hydrogen) atoms. The molecule has 1 aromatic carbocycles. The Morgan fingerprint density at radius 2 is 2.09 bits per heavy atom. The number of benzene rings is 1. The fourth-order valence-electron chi connectivity index (χ4n) is 2.02. The van der Waals surface area contributed by atoms with Crippen LogP contribution in [0.4, 0.5) is 4.79 Å². The SMILES string of the molecule is C=C(C)CNC(=O)N[C@@H](C)c1cnn(Cc2ccccc2)c1. The lowest BCUT2D eigenvalue weighted by Crippen LogP contribution is -2.37. The number of hydrogen-bond acceptors (Lipinski definition) is 2. The molecule has 0 saturated heterocycles. The van der Waals surface area contributed by atoms with Gasteiger partial charge in [0.25, 0.3) is 0 Å². The van der Waals surface area contributed by atoms with E-state index >= 15 is 0 Å². The number of nitrogens with one attached hydrogen (secondary N) is 2. The molecule has 0 unspecified atom stereocenters. The average Bonchev–Trinajstić information content (AvgIpc) is 2.95. The summed E-state index contributed by atoms with van der Waals surface area (Å²) in [5.74, 6) is 0. The van der Waals surface area contributed by atoms with E-state index in [2.05, 4.69) is 34.4 Å². The van der Waals surface area contributed by atoms with Gasteiger partial charge in [0.05, 0.1) is 18.8 Å². The molecule has 5 heteroatoms. The van der Waals surface area contributed by atoms with Gasteiger partial charge in [-0.1, -0.05) is 42.5 Å². The molecule has 5 nitrogen and oxygen atoms in total. The summed E-state index contributed by atoms with van der Waals surface area (Å²) in [4.78, 5) is 11.7. The molecule has 2 aromatic rings. The van der Waals surface area contributed by atoms with Crippen LogP contribution in [0.1, 0.15) is 31.0 Å². The Hall–Kier alpha value is -2.56. The van der Waals surface area contributed by atoms with Gasteiger partial charge in [-0.15, -0.1) is 0 Å². The van der Waals surface area contributed by atoms with E-state index in [0.717, 1.165) is 17.7 Å². The average molecular weight is 298 g/mol. The molecule has 0 aliphatic heterocycles. The minimum absolute atomic E-state index is 0.102. The van der Waals surface area contributed by atoms with Gasteiger partial charge in [-0.05, 0) is 19.4 Å². The predicted octanol–water partition coefficient (Wildman–Crippen LogP) is 2.87. The van der Waals surface area contributed by atoms with Crippen molar-refractivity contribution in [2.24, 2.45) is 0 Å². The Labute approximate surface area is 131 Å². The second-order valence-corrected chi connectivity index (χ2v) is 5.46. The molecular formula is C17H22N4O. The Bertz CT molecular complexity index is 633. The van der Waals surface area contributed by atoms with Crippen molar-refractivity contribution in [1.82, 2.24) is 20.4 Å². The zero-order valence-electron chi connectivity index (χ0n) is 13.0. The summed E-state index contributed by atoms with van der Waals surface area (Å²) in [6, 6.07) is 9.84. The molecule has 116 valence electrons. The van der Waals surface area contributed by atoms with Crippen molar-refractivity contribution in [1.29, 1.82) is 0 Å². The first-order valence-electron chi connectivity index (χ1n) is 7.29. The molecule has 2 amide bonds. The normalized spacial score (nSPS) is 11.7. The van der Waals surface area contributed by atoms with Gasteiger partial charge < -0.3 is 10.6 Å². The molecule has 0 radical (unpaired) electrons. The largest absolute Gasteiger partial charge is 0.334 e. The van der Waals surface area contributed by atoms with Gasteiger partial charge in [0, 0.05) is 18.3 Å². The zero-order chi connectivity index (χ0) is 15.9. The molecule has 0 saturated carbocycles. The first kappa shape index (κ1) is 15.8. The molecule has 1 heterocycles. The van der Waals surface area contributed by atoms with Gasteiger partial charge in [0.2, 0.25) is 0 Å². The Morgan fingerprint density at radius 1 is 1.36 bits per heavy atom. The molecule has 0 bridgehead atoms. The van der Waals surface area contributed by atoms with Crippen molar-refractivity contribution in [3.63, 3.8) is 0 Å². The maximum Gasteiger partial charge on any atom is 0.315 e. The highest BCUT2D eigenvalue weighted by Gasteiger charge is 2.11. The third kappa shape index (κ3) is 4.77. The Balaban J connectivity index is 1.90. The van der Waals surface area contributed by atoms with Crippen molar-refractivity contribution >= 4 is 6.03 Å². The van der Waals surface area contributed by atoms with Crippen LogP contribution in [0.2, 0.25) is 0 Å². The molecule has 0 spiro atoms. The molecular weight excluding hydrogens is 276 g/mol. The van der Waals surface area contributed by atoms with Crippen LogP contribution in [0.15, 0.2) is 54.9 Å². The number of rotatable bonds is 6. The van der Waals surface area contributed by atoms with Crippen LogP contribution in [0.25, 0.3) is 0 Å². The number of hydrogen-bond donors (Lipinski definition) is 2. The van der Waals surface area contributed by atoms with Gasteiger partial charge >= 0.3 is 6.03 Å². The molecule has 2 N–H and O–H groups in total. The van der Waals surface area contributed by atoms with Crippen LogP contribution in [-0.4, -0.2) is 22.4 Å². The summed E-state index contributed by atoms with van der Waals surface area (Å²) in [6.45, 7) is 8.75. The van der Waals surface area contributed by atoms with Crippen molar-refractivity contribution < 1.29 is 4.79 Å². The minimum Gasteiger partial charge on any atom is -0.334 e. The van der Waals surface area contributed by atoms with E-state index in [1.54, 1.807) is 6.20 Å². The molecule has 0 aliphatic carbocycles. The van der Waals surface area contributed by atoms with E-state index in [1.807, 2.05) is 42.9 Å². The summed E-state index contributed by atoms with van der Waals surface area (Å²) >= 11 is 0. The summed E-state index contributed by atoms with van der Waals surface area (Å²) in [6.07, 6.45) is 3.74. The van der Waals surface area contributed by atoms with Crippen LogP contribution in [0.3, 0.4) is 0 Å². The van der Waals surface area contributed by atoms with Crippen LogP contribution < -0.4 is 10.6 Å². The third-order valence-corrected chi connectivity index (χ3v) is 3.24. The monoisotopic (exact) mass is 298 g/mol. The molecule has 1 atom stereocenters. The highest BCUT2D eigenvalue weighted by Crippen LogP contribution is 2.12. The second-order valence-electron chi connectivity index (χ2n) is 5.46. The van der Waals surface area contributed by atoms with Gasteiger partial charge in [-0.25, -0.2) is 4.79 Å². The summed E-state index contributed by atoms with van der Waals surface area (Å²) in [5, 5.41) is 9.98. The van der Waals surface area contributed by atoms with Crippen LogP contribution in [0, 0.1) is 0 Å². The maximum atomic E-state index is 11.7. The van der Waals surface area contributed by atoms with Crippen LogP contribution in [0.5, 0.6) is 0 Å². The standard InChI is InChI=1S/C17H22N4O/c1-13(2)9-18-17(22)20-14(3)16-10-19-21(12-16)11-15-7-5-4-6-8-15/h4-8,10,12,14H,1,9,11H2,2-3H3,(H2,18,20,22)/t14-/m0/s1. The van der Waals surface area contributed by atoms with Gasteiger partial charge in [0.15, 0.2) is 0 Å². The summed E-state index contributed by atoms with van der Waals surface area (Å²) < 4.78 is 1.87. The number of urea groups is 1. The lowest BCUT2D eigenvalue weighted by atomic mass is 10.2. The zero-order valence-corrected chi connectivity index (χ0v) is 13.0. The topological polar surface area (TPSA) is 59.0 Å². The van der Waals surface area contributed by atoms with E-state index < -0.39 is 0 Å².